The van der Waals surface area contributed by atoms with Crippen LogP contribution >= 0.6 is 0 Å². The van der Waals surface area contributed by atoms with E-state index in [1.807, 2.05) is 18.2 Å². The van der Waals surface area contributed by atoms with Crippen molar-refractivity contribution in [3.05, 3.63) is 65.2 Å². The quantitative estimate of drug-likeness (QED) is 0.768. The van der Waals surface area contributed by atoms with Crippen LogP contribution in [0.3, 0.4) is 0 Å². The van der Waals surface area contributed by atoms with Crippen molar-refractivity contribution in [1.82, 2.24) is 15.1 Å². The van der Waals surface area contributed by atoms with Crippen molar-refractivity contribution in [3.8, 4) is 0 Å². The molecule has 2 aliphatic rings. The average molecular weight is 392 g/mol. The van der Waals surface area contributed by atoms with Crippen LogP contribution in [0.25, 0.3) is 0 Å². The summed E-state index contributed by atoms with van der Waals surface area (Å²) < 4.78 is 0. The first kappa shape index (κ1) is 19.0. The molecule has 0 bridgehead atoms. The van der Waals surface area contributed by atoms with Gasteiger partial charge in [-0.2, -0.15) is 0 Å². The van der Waals surface area contributed by atoms with E-state index >= 15 is 0 Å². The van der Waals surface area contributed by atoms with E-state index < -0.39 is 6.03 Å². The maximum atomic E-state index is 12.6. The fourth-order valence-electron chi connectivity index (χ4n) is 3.68. The van der Waals surface area contributed by atoms with Gasteiger partial charge in [0.15, 0.2) is 0 Å². The Morgan fingerprint density at radius 3 is 2.52 bits per heavy atom. The smallest absolute Gasteiger partial charge is 0.324 e. The van der Waals surface area contributed by atoms with Crippen LogP contribution < -0.4 is 10.6 Å². The summed E-state index contributed by atoms with van der Waals surface area (Å²) in [6.07, 6.45) is 0.965. The van der Waals surface area contributed by atoms with E-state index in [0.717, 1.165) is 30.0 Å². The van der Waals surface area contributed by atoms with E-state index in [-0.39, 0.29) is 25.0 Å². The van der Waals surface area contributed by atoms with E-state index in [2.05, 4.69) is 41.8 Å². The number of benzene rings is 2. The number of hydrogen-bond donors (Lipinski definition) is 2. The molecule has 2 aromatic carbocycles. The summed E-state index contributed by atoms with van der Waals surface area (Å²) in [6, 6.07) is 15.2. The first-order valence-corrected chi connectivity index (χ1v) is 9.77. The number of urea groups is 2. The van der Waals surface area contributed by atoms with Crippen molar-refractivity contribution in [2.75, 3.05) is 25.0 Å². The Labute approximate surface area is 169 Å². The molecule has 0 atom stereocenters. The highest BCUT2D eigenvalue weighted by molar-refractivity contribution is 6.02. The molecule has 0 spiro atoms. The van der Waals surface area contributed by atoms with Crippen LogP contribution in [0.4, 0.5) is 15.3 Å². The van der Waals surface area contributed by atoms with E-state index in [0.29, 0.717) is 11.6 Å². The number of likely N-dealkylation sites (tertiary alicyclic amines) is 1. The molecule has 2 fully saturated rings. The van der Waals surface area contributed by atoms with Gasteiger partial charge in [0, 0.05) is 18.8 Å². The second kappa shape index (κ2) is 7.95. The third-order valence-corrected chi connectivity index (χ3v) is 5.41. The molecule has 0 radical (unpaired) electrons. The summed E-state index contributed by atoms with van der Waals surface area (Å²) in [6.45, 7) is 3.66. The van der Waals surface area contributed by atoms with Crippen LogP contribution in [0.5, 0.6) is 0 Å². The van der Waals surface area contributed by atoms with Gasteiger partial charge in [-0.05, 0) is 36.5 Å². The topological polar surface area (TPSA) is 81.8 Å². The third kappa shape index (κ3) is 4.23. The van der Waals surface area contributed by atoms with Crippen molar-refractivity contribution >= 4 is 23.7 Å². The number of imide groups is 1. The lowest BCUT2D eigenvalue weighted by molar-refractivity contribution is -0.125. The molecule has 150 valence electrons. The van der Waals surface area contributed by atoms with Crippen molar-refractivity contribution in [1.29, 1.82) is 0 Å². The molecule has 5 amide bonds. The zero-order valence-corrected chi connectivity index (χ0v) is 16.4. The van der Waals surface area contributed by atoms with E-state index in [1.54, 1.807) is 11.0 Å². The molecular weight excluding hydrogens is 368 g/mol. The second-order valence-electron chi connectivity index (χ2n) is 7.69. The minimum absolute atomic E-state index is 0.0174. The highest BCUT2D eigenvalue weighted by Crippen LogP contribution is 2.24. The van der Waals surface area contributed by atoms with Crippen LogP contribution in [0.2, 0.25) is 0 Å². The Morgan fingerprint density at radius 2 is 1.83 bits per heavy atom. The number of nitrogens with one attached hydrogen (secondary N) is 2. The van der Waals surface area contributed by atoms with E-state index in [1.165, 1.54) is 11.1 Å². The molecule has 0 aromatic heterocycles. The molecule has 0 unspecified atom stereocenters. The number of nitrogens with zero attached hydrogens (tertiary/aromatic N) is 2. The van der Waals surface area contributed by atoms with Gasteiger partial charge in [0.05, 0.1) is 13.1 Å². The standard InChI is InChI=1S/C22H24N4O3/c1-15-6-8-16(9-7-15)10-17-12-25(13-17)22(29)24-19-5-3-2-4-18(19)14-26-20(27)11-23-21(26)28/h2-9,17H,10-14H2,1H3,(H,23,28)(H,24,29). The predicted octanol–water partition coefficient (Wildman–Crippen LogP) is 2.75. The first-order valence-electron chi connectivity index (χ1n) is 9.77. The van der Waals surface area contributed by atoms with E-state index in [9.17, 15) is 14.4 Å². The fraction of sp³-hybridized carbons (Fsp3) is 0.318. The molecule has 7 heteroatoms. The Morgan fingerprint density at radius 1 is 1.10 bits per heavy atom. The molecule has 2 aromatic rings. The zero-order chi connectivity index (χ0) is 20.4. The molecule has 2 saturated heterocycles. The Balaban J connectivity index is 1.33. The molecule has 2 N–H and O–H groups in total. The Kier molecular flexibility index (Phi) is 5.20. The monoisotopic (exact) mass is 392 g/mol. The van der Waals surface area contributed by atoms with Crippen molar-refractivity contribution in [2.45, 2.75) is 19.9 Å². The molecular formula is C22H24N4O3. The van der Waals surface area contributed by atoms with Gasteiger partial charge in [-0.25, -0.2) is 9.59 Å². The molecule has 29 heavy (non-hydrogen) atoms. The van der Waals surface area contributed by atoms with Gasteiger partial charge in [-0.3, -0.25) is 9.69 Å². The summed E-state index contributed by atoms with van der Waals surface area (Å²) in [4.78, 5) is 39.2. The molecule has 4 rings (SSSR count). The summed E-state index contributed by atoms with van der Waals surface area (Å²) in [5.74, 6) is 0.197. The summed E-state index contributed by atoms with van der Waals surface area (Å²) in [5, 5.41) is 5.43. The lowest BCUT2D eigenvalue weighted by Gasteiger charge is -2.39. The average Bonchev–Trinajstić information content (AvgIpc) is 2.99. The maximum absolute atomic E-state index is 12.6. The number of carbonyl (C=O) groups is 3. The minimum Gasteiger partial charge on any atom is -0.329 e. The van der Waals surface area contributed by atoms with Crippen molar-refractivity contribution in [2.24, 2.45) is 5.92 Å². The maximum Gasteiger partial charge on any atom is 0.324 e. The van der Waals surface area contributed by atoms with Crippen LogP contribution in [0.15, 0.2) is 48.5 Å². The number of amides is 5. The summed E-state index contributed by atoms with van der Waals surface area (Å²) in [7, 11) is 0. The highest BCUT2D eigenvalue weighted by atomic mass is 16.2. The number of hydrogen-bond acceptors (Lipinski definition) is 3. The Bertz CT molecular complexity index is 919. The lowest BCUT2D eigenvalue weighted by Crippen LogP contribution is -2.52. The van der Waals surface area contributed by atoms with Crippen molar-refractivity contribution < 1.29 is 14.4 Å². The van der Waals surface area contributed by atoms with Gasteiger partial charge < -0.3 is 15.5 Å². The molecule has 0 aliphatic carbocycles. The minimum atomic E-state index is -0.405. The second-order valence-corrected chi connectivity index (χ2v) is 7.69. The highest BCUT2D eigenvalue weighted by Gasteiger charge is 2.32. The number of anilines is 1. The number of carbonyl (C=O) groups excluding carboxylic acids is 3. The lowest BCUT2D eigenvalue weighted by atomic mass is 9.92. The van der Waals surface area contributed by atoms with Crippen LogP contribution in [0, 0.1) is 12.8 Å². The van der Waals surface area contributed by atoms with Gasteiger partial charge in [-0.1, -0.05) is 48.0 Å². The molecule has 2 heterocycles. The fourth-order valence-corrected chi connectivity index (χ4v) is 3.68. The summed E-state index contributed by atoms with van der Waals surface area (Å²) in [5.41, 5.74) is 3.88. The molecule has 7 nitrogen and oxygen atoms in total. The van der Waals surface area contributed by atoms with Crippen LogP contribution in [-0.4, -0.2) is 47.4 Å². The van der Waals surface area contributed by atoms with Gasteiger partial charge in [-0.15, -0.1) is 0 Å². The predicted molar refractivity (Wildman–Crippen MR) is 109 cm³/mol. The number of aryl methyl sites for hydroxylation is 1. The Hall–Kier alpha value is -3.35. The largest absolute Gasteiger partial charge is 0.329 e. The molecule has 0 saturated carbocycles. The number of para-hydroxylation sites is 1. The van der Waals surface area contributed by atoms with Gasteiger partial charge in [0.1, 0.15) is 0 Å². The van der Waals surface area contributed by atoms with Gasteiger partial charge >= 0.3 is 12.1 Å². The van der Waals surface area contributed by atoms with E-state index in [4.69, 9.17) is 0 Å². The van der Waals surface area contributed by atoms with Crippen LogP contribution in [0.1, 0.15) is 16.7 Å². The normalized spacial score (nSPS) is 16.6. The van der Waals surface area contributed by atoms with Gasteiger partial charge in [0.25, 0.3) is 0 Å². The SMILES string of the molecule is Cc1ccc(CC2CN(C(=O)Nc3ccccc3CN3C(=O)CNC3=O)C2)cc1. The zero-order valence-electron chi connectivity index (χ0n) is 16.4. The summed E-state index contributed by atoms with van der Waals surface area (Å²) >= 11 is 0. The van der Waals surface area contributed by atoms with Crippen LogP contribution in [-0.2, 0) is 17.8 Å². The third-order valence-electron chi connectivity index (χ3n) is 5.41. The molecule has 2 aliphatic heterocycles. The van der Waals surface area contributed by atoms with Crippen molar-refractivity contribution in [3.63, 3.8) is 0 Å². The first-order chi connectivity index (χ1) is 14.0. The number of rotatable bonds is 5. The van der Waals surface area contributed by atoms with Gasteiger partial charge in [0.2, 0.25) is 5.91 Å².